The van der Waals surface area contributed by atoms with Gasteiger partial charge < -0.3 is 5.43 Å². The molecule has 11 heavy (non-hydrogen) atoms. The Hall–Kier alpha value is -0.830. The molecule has 0 rings (SSSR count). The Morgan fingerprint density at radius 2 is 2.27 bits per heavy atom. The molecule has 0 amide bonds. The van der Waals surface area contributed by atoms with Gasteiger partial charge in [-0.05, 0) is 19.3 Å². The number of allylic oxidation sites excluding steroid dienone is 1. The number of nitrogens with zero attached hydrogens (tertiary/aromatic N) is 1. The van der Waals surface area contributed by atoms with Crippen molar-refractivity contribution < 1.29 is 0 Å². The van der Waals surface area contributed by atoms with Gasteiger partial charge in [0.25, 0.3) is 0 Å². The summed E-state index contributed by atoms with van der Waals surface area (Å²) >= 11 is 0. The van der Waals surface area contributed by atoms with Gasteiger partial charge in [0.2, 0.25) is 0 Å². The maximum Gasteiger partial charge on any atom is 0.0572 e. The highest BCUT2D eigenvalue weighted by molar-refractivity contribution is 5.55. The number of rotatable bonds is 4. The van der Waals surface area contributed by atoms with Crippen LogP contribution >= 0.6 is 0 Å². The fourth-order valence-electron chi connectivity index (χ4n) is 0.829. The minimum absolute atomic E-state index is 0.610. The molecule has 0 aliphatic heterocycles. The summed E-state index contributed by atoms with van der Waals surface area (Å²) in [6, 6.07) is 0. The predicted octanol–water partition coefficient (Wildman–Crippen LogP) is 1.43. The quantitative estimate of drug-likeness (QED) is 0.366. The van der Waals surface area contributed by atoms with Crippen molar-refractivity contribution in [2.75, 3.05) is 0 Å². The molecule has 0 aromatic heterocycles. The summed E-state index contributed by atoms with van der Waals surface area (Å²) in [6.07, 6.45) is 4.44. The van der Waals surface area contributed by atoms with Crippen LogP contribution in [0.5, 0.6) is 0 Å². The topological polar surface area (TPSA) is 50.4 Å². The second-order valence-electron chi connectivity index (χ2n) is 2.79. The largest absolute Gasteiger partial charge is 0.330 e. The van der Waals surface area contributed by atoms with Crippen LogP contribution in [0.4, 0.5) is 0 Å². The average molecular weight is 155 g/mol. The van der Waals surface area contributed by atoms with Crippen molar-refractivity contribution in [1.29, 1.82) is 0 Å². The van der Waals surface area contributed by atoms with Crippen LogP contribution in [0.1, 0.15) is 27.2 Å². The van der Waals surface area contributed by atoms with Gasteiger partial charge in [-0.25, -0.2) is 0 Å². The number of hydrazine groups is 1. The van der Waals surface area contributed by atoms with Crippen molar-refractivity contribution in [2.24, 2.45) is 16.8 Å². The maximum absolute atomic E-state index is 5.14. The van der Waals surface area contributed by atoms with Gasteiger partial charge in [-0.3, -0.25) is 10.8 Å². The normalized spacial score (nSPS) is 13.0. The highest BCUT2D eigenvalue weighted by Crippen LogP contribution is 2.09. The Morgan fingerprint density at radius 3 is 2.64 bits per heavy atom. The molecule has 3 nitrogen and oxygen atoms in total. The lowest BCUT2D eigenvalue weighted by atomic mass is 10.1. The molecule has 0 heterocycles. The minimum Gasteiger partial charge on any atom is -0.330 e. The lowest BCUT2D eigenvalue weighted by Gasteiger charge is -2.04. The molecule has 0 aromatic rings. The zero-order valence-corrected chi connectivity index (χ0v) is 7.46. The molecule has 3 heteroatoms. The Balaban J connectivity index is 4.00. The molecule has 0 atom stereocenters. The van der Waals surface area contributed by atoms with Crippen LogP contribution in [-0.4, -0.2) is 6.21 Å². The summed E-state index contributed by atoms with van der Waals surface area (Å²) in [5.74, 6) is 5.74. The molecule has 64 valence electrons. The third-order valence-corrected chi connectivity index (χ3v) is 1.16. The zero-order valence-electron chi connectivity index (χ0n) is 7.46. The number of nitrogens with one attached hydrogen (secondary N) is 1. The first-order valence-electron chi connectivity index (χ1n) is 3.84. The van der Waals surface area contributed by atoms with Gasteiger partial charge in [-0.15, -0.1) is 0 Å². The molecule has 3 N–H and O–H groups in total. The first-order valence-corrected chi connectivity index (χ1v) is 3.84. The molecule has 0 unspecified atom stereocenters. The van der Waals surface area contributed by atoms with Crippen LogP contribution in [0.25, 0.3) is 0 Å². The molecule has 0 spiro atoms. The Kier molecular flexibility index (Phi) is 5.47. The Labute approximate surface area is 68.4 Å². The fourth-order valence-corrected chi connectivity index (χ4v) is 0.829. The van der Waals surface area contributed by atoms with E-state index in [2.05, 4.69) is 24.3 Å². The van der Waals surface area contributed by atoms with Crippen LogP contribution in [0.2, 0.25) is 0 Å². The SMILES string of the molecule is C/C=N/C(=C\NN)CC(C)C. The highest BCUT2D eigenvalue weighted by Gasteiger charge is 1.97. The average Bonchev–Trinajstić information content (AvgIpc) is 1.87. The summed E-state index contributed by atoms with van der Waals surface area (Å²) in [4.78, 5) is 4.15. The summed E-state index contributed by atoms with van der Waals surface area (Å²) in [5, 5.41) is 0. The first-order chi connectivity index (χ1) is 5.20. The monoisotopic (exact) mass is 155 g/mol. The third kappa shape index (κ3) is 5.61. The van der Waals surface area contributed by atoms with E-state index >= 15 is 0 Å². The minimum atomic E-state index is 0.610. The van der Waals surface area contributed by atoms with Crippen LogP contribution in [-0.2, 0) is 0 Å². The van der Waals surface area contributed by atoms with Gasteiger partial charge >= 0.3 is 0 Å². The lowest BCUT2D eigenvalue weighted by Crippen LogP contribution is -2.14. The van der Waals surface area contributed by atoms with Crippen LogP contribution in [0, 0.1) is 5.92 Å². The van der Waals surface area contributed by atoms with Crippen molar-refractivity contribution in [1.82, 2.24) is 5.43 Å². The van der Waals surface area contributed by atoms with Crippen LogP contribution < -0.4 is 11.3 Å². The van der Waals surface area contributed by atoms with E-state index < -0.39 is 0 Å². The number of hydrogen-bond acceptors (Lipinski definition) is 3. The van der Waals surface area contributed by atoms with Crippen molar-refractivity contribution in [3.63, 3.8) is 0 Å². The maximum atomic E-state index is 5.14. The molecular formula is C8H17N3. The summed E-state index contributed by atoms with van der Waals surface area (Å²) < 4.78 is 0. The molecule has 0 aliphatic rings. The Bertz CT molecular complexity index is 147. The summed E-state index contributed by atoms with van der Waals surface area (Å²) in [5.41, 5.74) is 3.47. The summed E-state index contributed by atoms with van der Waals surface area (Å²) in [7, 11) is 0. The molecule has 0 saturated heterocycles. The highest BCUT2D eigenvalue weighted by atomic mass is 15.2. The van der Waals surface area contributed by atoms with E-state index in [1.165, 1.54) is 0 Å². The molecule has 0 fully saturated rings. The van der Waals surface area contributed by atoms with Crippen molar-refractivity contribution >= 4 is 6.21 Å². The molecule has 0 bridgehead atoms. The summed E-state index contributed by atoms with van der Waals surface area (Å²) in [6.45, 7) is 6.19. The Morgan fingerprint density at radius 1 is 1.64 bits per heavy atom. The van der Waals surface area contributed by atoms with Gasteiger partial charge in [0.1, 0.15) is 0 Å². The number of nitrogens with two attached hydrogens (primary N) is 1. The molecule has 0 aliphatic carbocycles. The molecule has 0 aromatic carbocycles. The van der Waals surface area contributed by atoms with E-state index in [0.717, 1.165) is 12.1 Å². The van der Waals surface area contributed by atoms with E-state index in [-0.39, 0.29) is 0 Å². The molecule has 0 saturated carbocycles. The smallest absolute Gasteiger partial charge is 0.0572 e. The van der Waals surface area contributed by atoms with Crippen molar-refractivity contribution in [2.45, 2.75) is 27.2 Å². The molecule has 0 radical (unpaired) electrons. The van der Waals surface area contributed by atoms with E-state index in [4.69, 9.17) is 5.84 Å². The van der Waals surface area contributed by atoms with Crippen molar-refractivity contribution in [3.8, 4) is 0 Å². The van der Waals surface area contributed by atoms with Crippen LogP contribution in [0.15, 0.2) is 16.9 Å². The van der Waals surface area contributed by atoms with Gasteiger partial charge in [0.05, 0.1) is 5.70 Å². The fraction of sp³-hybridized carbons (Fsp3) is 0.625. The molecular weight excluding hydrogens is 138 g/mol. The predicted molar refractivity (Wildman–Crippen MR) is 49.0 cm³/mol. The number of aliphatic imine (C=N–C) groups is 1. The lowest BCUT2D eigenvalue weighted by molar-refractivity contribution is 0.634. The van der Waals surface area contributed by atoms with Gasteiger partial charge in [-0.2, -0.15) is 0 Å². The van der Waals surface area contributed by atoms with Gasteiger partial charge in [0, 0.05) is 12.4 Å². The first kappa shape index (κ1) is 10.2. The van der Waals surface area contributed by atoms with E-state index in [9.17, 15) is 0 Å². The van der Waals surface area contributed by atoms with Crippen molar-refractivity contribution in [3.05, 3.63) is 11.9 Å². The third-order valence-electron chi connectivity index (χ3n) is 1.16. The zero-order chi connectivity index (χ0) is 8.69. The van der Waals surface area contributed by atoms with Crippen LogP contribution in [0.3, 0.4) is 0 Å². The van der Waals surface area contributed by atoms with E-state index in [0.29, 0.717) is 5.92 Å². The van der Waals surface area contributed by atoms with E-state index in [1.54, 1.807) is 12.4 Å². The van der Waals surface area contributed by atoms with E-state index in [1.807, 2.05) is 6.92 Å². The number of hydrogen-bond donors (Lipinski definition) is 2. The second-order valence-corrected chi connectivity index (χ2v) is 2.79. The second kappa shape index (κ2) is 5.92. The standard InChI is InChI=1S/C8H17N3/c1-4-10-8(6-11-9)5-7(2)3/h4,6-7,11H,5,9H2,1-3H3/b8-6-,10-4+. The van der Waals surface area contributed by atoms with Gasteiger partial charge in [0.15, 0.2) is 0 Å². The van der Waals surface area contributed by atoms with Gasteiger partial charge in [-0.1, -0.05) is 13.8 Å².